The van der Waals surface area contributed by atoms with Crippen LogP contribution in [0.4, 0.5) is 0 Å². The van der Waals surface area contributed by atoms with Crippen molar-refractivity contribution >= 4 is 17.2 Å². The Morgan fingerprint density at radius 3 is 2.38 bits per heavy atom. The minimum atomic E-state index is -0.0704. The van der Waals surface area contributed by atoms with Gasteiger partial charge in [-0.2, -0.15) is 0 Å². The fourth-order valence-electron chi connectivity index (χ4n) is 2.77. The average Bonchev–Trinajstić information content (AvgIpc) is 3.15. The molecular weight excluding hydrogens is 352 g/mol. The zero-order valence-corrected chi connectivity index (χ0v) is 16.7. The van der Waals surface area contributed by atoms with Crippen LogP contribution >= 0.6 is 11.3 Å². The number of thiophene rings is 1. The maximum Gasteiger partial charge on any atom is 0.224 e. The lowest BCUT2D eigenvalue weighted by atomic mass is 10.1. The number of benzene rings is 1. The molecule has 26 heavy (non-hydrogen) atoms. The maximum absolute atomic E-state index is 12.5. The first kappa shape index (κ1) is 20.1. The Hall–Kier alpha value is -2.25. The third-order valence-corrected chi connectivity index (χ3v) is 5.10. The number of hydrogen-bond donors (Lipinski definition) is 1. The van der Waals surface area contributed by atoms with Crippen LogP contribution in [0, 0.1) is 0 Å². The van der Waals surface area contributed by atoms with E-state index in [1.54, 1.807) is 38.7 Å². The number of likely N-dealkylation sites (N-methyl/N-ethyl adjacent to an activating group) is 1. The maximum atomic E-state index is 12.5. The topological polar surface area (TPSA) is 60.0 Å². The molecular formula is C19H26N2O4S. The molecule has 1 amide bonds. The van der Waals surface area contributed by atoms with Crippen molar-refractivity contribution in [2.45, 2.75) is 12.5 Å². The Bertz CT molecular complexity index is 717. The third kappa shape index (κ3) is 4.68. The normalized spacial score (nSPS) is 11.9. The van der Waals surface area contributed by atoms with Crippen LogP contribution < -0.4 is 19.5 Å². The molecule has 0 saturated heterocycles. The van der Waals surface area contributed by atoms with E-state index in [4.69, 9.17) is 14.2 Å². The largest absolute Gasteiger partial charge is 0.493 e. The standard InChI is InChI=1S/C19H26N2O4S/c1-21(2)14(16-7-6-10-26-16)12-20-17(22)11-13-8-9-15(23-3)19(25-5)18(13)24-4/h6-10,14H,11-12H2,1-5H3,(H,20,22). The molecule has 0 bridgehead atoms. The van der Waals surface area contributed by atoms with Crippen molar-refractivity contribution in [3.63, 3.8) is 0 Å². The molecule has 1 atom stereocenters. The van der Waals surface area contributed by atoms with Crippen molar-refractivity contribution in [1.82, 2.24) is 10.2 Å². The predicted molar refractivity (Wildman–Crippen MR) is 104 cm³/mol. The second kappa shape index (κ2) is 9.45. The molecule has 0 aliphatic carbocycles. The summed E-state index contributed by atoms with van der Waals surface area (Å²) in [4.78, 5) is 15.8. The van der Waals surface area contributed by atoms with E-state index in [-0.39, 0.29) is 18.4 Å². The zero-order valence-electron chi connectivity index (χ0n) is 15.9. The SMILES string of the molecule is COc1ccc(CC(=O)NCC(c2cccs2)N(C)C)c(OC)c1OC. The van der Waals surface area contributed by atoms with E-state index in [2.05, 4.69) is 16.3 Å². The van der Waals surface area contributed by atoms with Gasteiger partial charge in [-0.05, 0) is 31.6 Å². The highest BCUT2D eigenvalue weighted by molar-refractivity contribution is 7.10. The highest BCUT2D eigenvalue weighted by atomic mass is 32.1. The fourth-order valence-corrected chi connectivity index (χ4v) is 3.69. The Labute approximate surface area is 158 Å². The molecule has 0 radical (unpaired) electrons. The van der Waals surface area contributed by atoms with E-state index in [1.807, 2.05) is 31.6 Å². The number of ether oxygens (including phenoxy) is 3. The van der Waals surface area contributed by atoms with Crippen LogP contribution in [0.25, 0.3) is 0 Å². The molecule has 1 aromatic heterocycles. The number of hydrogen-bond acceptors (Lipinski definition) is 6. The molecule has 0 aliphatic rings. The quantitative estimate of drug-likeness (QED) is 0.727. The number of methoxy groups -OCH3 is 3. The lowest BCUT2D eigenvalue weighted by molar-refractivity contribution is -0.120. The summed E-state index contributed by atoms with van der Waals surface area (Å²) in [6.07, 6.45) is 0.202. The minimum absolute atomic E-state index is 0.0704. The Balaban J connectivity index is 2.08. The van der Waals surface area contributed by atoms with Gasteiger partial charge in [0.05, 0.1) is 33.8 Å². The molecule has 1 N–H and O–H groups in total. The van der Waals surface area contributed by atoms with E-state index >= 15 is 0 Å². The number of carbonyl (C=O) groups is 1. The number of nitrogens with one attached hydrogen (secondary N) is 1. The summed E-state index contributed by atoms with van der Waals surface area (Å²) in [6.45, 7) is 0.544. The monoisotopic (exact) mass is 378 g/mol. The van der Waals surface area contributed by atoms with Gasteiger partial charge in [0.1, 0.15) is 0 Å². The van der Waals surface area contributed by atoms with Crippen LogP contribution in [0.1, 0.15) is 16.5 Å². The van der Waals surface area contributed by atoms with Crippen LogP contribution in [-0.2, 0) is 11.2 Å². The number of carbonyl (C=O) groups excluding carboxylic acids is 1. The van der Waals surface area contributed by atoms with Crippen LogP contribution in [0.3, 0.4) is 0 Å². The molecule has 1 heterocycles. The molecule has 1 unspecified atom stereocenters. The molecule has 142 valence electrons. The zero-order chi connectivity index (χ0) is 19.1. The van der Waals surface area contributed by atoms with Crippen molar-refractivity contribution in [3.8, 4) is 17.2 Å². The Morgan fingerprint density at radius 2 is 1.85 bits per heavy atom. The van der Waals surface area contributed by atoms with Gasteiger partial charge in [-0.1, -0.05) is 12.1 Å². The first-order chi connectivity index (χ1) is 12.5. The van der Waals surface area contributed by atoms with Crippen LogP contribution in [0.5, 0.6) is 17.2 Å². The lowest BCUT2D eigenvalue weighted by Gasteiger charge is -2.23. The van der Waals surface area contributed by atoms with Crippen LogP contribution in [-0.4, -0.2) is 52.8 Å². The van der Waals surface area contributed by atoms with Gasteiger partial charge in [0.15, 0.2) is 11.5 Å². The van der Waals surface area contributed by atoms with Gasteiger partial charge in [-0.15, -0.1) is 11.3 Å². The van der Waals surface area contributed by atoms with E-state index in [0.29, 0.717) is 23.8 Å². The van der Waals surface area contributed by atoms with Crippen molar-refractivity contribution < 1.29 is 19.0 Å². The van der Waals surface area contributed by atoms with Crippen molar-refractivity contribution in [3.05, 3.63) is 40.1 Å². The van der Waals surface area contributed by atoms with Gasteiger partial charge in [-0.25, -0.2) is 0 Å². The van der Waals surface area contributed by atoms with E-state index in [0.717, 1.165) is 5.56 Å². The number of rotatable bonds is 9. The van der Waals surface area contributed by atoms with E-state index < -0.39 is 0 Å². The first-order valence-electron chi connectivity index (χ1n) is 8.26. The molecule has 2 rings (SSSR count). The molecule has 6 nitrogen and oxygen atoms in total. The van der Waals surface area contributed by atoms with E-state index in [1.165, 1.54) is 4.88 Å². The predicted octanol–water partition coefficient (Wildman–Crippen LogP) is 2.74. The molecule has 2 aromatic rings. The third-order valence-electron chi connectivity index (χ3n) is 4.12. The second-order valence-corrected chi connectivity index (χ2v) is 6.95. The minimum Gasteiger partial charge on any atom is -0.493 e. The van der Waals surface area contributed by atoms with Crippen LogP contribution in [0.2, 0.25) is 0 Å². The Morgan fingerprint density at radius 1 is 1.12 bits per heavy atom. The summed E-state index contributed by atoms with van der Waals surface area (Å²) >= 11 is 1.69. The van der Waals surface area contributed by atoms with Gasteiger partial charge in [-0.3, -0.25) is 4.79 Å². The smallest absolute Gasteiger partial charge is 0.224 e. The number of amides is 1. The van der Waals surface area contributed by atoms with Gasteiger partial charge in [0, 0.05) is 17.0 Å². The molecule has 0 fully saturated rings. The number of nitrogens with zero attached hydrogens (tertiary/aromatic N) is 1. The fraction of sp³-hybridized carbons (Fsp3) is 0.421. The van der Waals surface area contributed by atoms with Gasteiger partial charge in [0.2, 0.25) is 11.7 Å². The van der Waals surface area contributed by atoms with E-state index in [9.17, 15) is 4.79 Å². The summed E-state index contributed by atoms with van der Waals surface area (Å²) in [5.74, 6) is 1.51. The molecule has 1 aromatic carbocycles. The molecule has 0 saturated carbocycles. The highest BCUT2D eigenvalue weighted by Gasteiger charge is 2.20. The molecule has 0 spiro atoms. The average molecular weight is 378 g/mol. The second-order valence-electron chi connectivity index (χ2n) is 5.97. The summed E-state index contributed by atoms with van der Waals surface area (Å²) in [5.41, 5.74) is 0.750. The van der Waals surface area contributed by atoms with Gasteiger partial charge < -0.3 is 24.4 Å². The summed E-state index contributed by atoms with van der Waals surface area (Å²) in [5, 5.41) is 5.06. The van der Waals surface area contributed by atoms with Gasteiger partial charge >= 0.3 is 0 Å². The van der Waals surface area contributed by atoms with Crippen molar-refractivity contribution in [2.24, 2.45) is 0 Å². The molecule has 7 heteroatoms. The summed E-state index contributed by atoms with van der Waals surface area (Å²) in [6, 6.07) is 7.85. The summed E-state index contributed by atoms with van der Waals surface area (Å²) < 4.78 is 16.1. The lowest BCUT2D eigenvalue weighted by Crippen LogP contribution is -2.35. The van der Waals surface area contributed by atoms with Crippen molar-refractivity contribution in [2.75, 3.05) is 42.0 Å². The Kier molecular flexibility index (Phi) is 7.29. The first-order valence-corrected chi connectivity index (χ1v) is 9.14. The van der Waals surface area contributed by atoms with Crippen molar-refractivity contribution in [1.29, 1.82) is 0 Å². The van der Waals surface area contributed by atoms with Gasteiger partial charge in [0.25, 0.3) is 0 Å². The van der Waals surface area contributed by atoms with Crippen LogP contribution in [0.15, 0.2) is 29.6 Å². The molecule has 0 aliphatic heterocycles. The summed E-state index contributed by atoms with van der Waals surface area (Å²) in [7, 11) is 8.68. The highest BCUT2D eigenvalue weighted by Crippen LogP contribution is 2.39.